The van der Waals surface area contributed by atoms with Crippen molar-refractivity contribution in [2.45, 2.75) is 26.5 Å². The first-order valence-corrected chi connectivity index (χ1v) is 5.90. The first kappa shape index (κ1) is 11.9. The second kappa shape index (κ2) is 4.58. The van der Waals surface area contributed by atoms with Gasteiger partial charge in [-0.15, -0.1) is 0 Å². The van der Waals surface area contributed by atoms with E-state index in [2.05, 4.69) is 49.3 Å². The Morgan fingerprint density at radius 3 is 2.14 bits per heavy atom. The molecule has 1 aromatic rings. The van der Waals surface area contributed by atoms with Gasteiger partial charge < -0.3 is 4.74 Å². The third kappa shape index (κ3) is 1.80. The molecule has 0 spiro atoms. The van der Waals surface area contributed by atoms with Crippen LogP contribution >= 0.6 is 28.6 Å². The van der Waals surface area contributed by atoms with Crippen LogP contribution < -0.4 is 4.74 Å². The molecule has 1 nitrogen and oxygen atoms in total. The summed E-state index contributed by atoms with van der Waals surface area (Å²) in [6.07, 6.45) is 0. The molecule has 0 fully saturated rings. The Labute approximate surface area is 99.4 Å². The van der Waals surface area contributed by atoms with Crippen LogP contribution in [0.2, 0.25) is 0 Å². The van der Waals surface area contributed by atoms with Crippen LogP contribution in [-0.4, -0.2) is 7.11 Å². The summed E-state index contributed by atoms with van der Waals surface area (Å²) in [6.45, 7) is 6.26. The van der Waals surface area contributed by atoms with Gasteiger partial charge in [0.2, 0.25) is 0 Å². The second-order valence-electron chi connectivity index (χ2n) is 3.36. The van der Waals surface area contributed by atoms with Gasteiger partial charge in [0, 0.05) is 15.8 Å². The van der Waals surface area contributed by atoms with Gasteiger partial charge >= 0.3 is 0 Å². The standard InChI is InChI=1S/C11H15BrOS/c1-6-7(2)11(13-4)9(5-14)8(3)10(6)12/h14H,5H2,1-4H3. The Morgan fingerprint density at radius 2 is 1.71 bits per heavy atom. The van der Waals surface area contributed by atoms with E-state index in [1.807, 2.05) is 0 Å². The first-order chi connectivity index (χ1) is 6.54. The molecule has 1 aromatic carbocycles. The molecule has 0 aliphatic rings. The topological polar surface area (TPSA) is 9.23 Å². The van der Waals surface area contributed by atoms with Crippen LogP contribution in [0.15, 0.2) is 4.47 Å². The summed E-state index contributed by atoms with van der Waals surface area (Å²) in [5.41, 5.74) is 4.82. The number of hydrogen-bond acceptors (Lipinski definition) is 2. The maximum absolute atomic E-state index is 5.41. The molecule has 0 aliphatic carbocycles. The van der Waals surface area contributed by atoms with Crippen molar-refractivity contribution in [2.24, 2.45) is 0 Å². The minimum absolute atomic E-state index is 0.703. The molecule has 0 N–H and O–H groups in total. The van der Waals surface area contributed by atoms with Gasteiger partial charge in [-0.2, -0.15) is 12.6 Å². The highest BCUT2D eigenvalue weighted by Gasteiger charge is 2.14. The number of rotatable bonds is 2. The summed E-state index contributed by atoms with van der Waals surface area (Å²) in [7, 11) is 1.71. The number of benzene rings is 1. The van der Waals surface area contributed by atoms with Crippen molar-refractivity contribution in [3.63, 3.8) is 0 Å². The number of thiol groups is 1. The van der Waals surface area contributed by atoms with E-state index < -0.39 is 0 Å². The number of ether oxygens (including phenoxy) is 1. The summed E-state index contributed by atoms with van der Waals surface area (Å²) < 4.78 is 6.58. The summed E-state index contributed by atoms with van der Waals surface area (Å²) in [6, 6.07) is 0. The molecule has 0 bridgehead atoms. The predicted molar refractivity (Wildman–Crippen MR) is 67.6 cm³/mol. The van der Waals surface area contributed by atoms with Crippen molar-refractivity contribution >= 4 is 28.6 Å². The van der Waals surface area contributed by atoms with E-state index in [1.165, 1.54) is 26.7 Å². The average Bonchev–Trinajstić information content (AvgIpc) is 2.20. The van der Waals surface area contributed by atoms with Crippen LogP contribution in [0, 0.1) is 20.8 Å². The SMILES string of the molecule is COc1c(C)c(C)c(Br)c(C)c1CS. The number of hydrogen-bond donors (Lipinski definition) is 1. The molecule has 78 valence electrons. The Morgan fingerprint density at radius 1 is 1.14 bits per heavy atom. The van der Waals surface area contributed by atoms with Gasteiger partial charge in [0.25, 0.3) is 0 Å². The van der Waals surface area contributed by atoms with Gasteiger partial charge in [0.1, 0.15) is 5.75 Å². The minimum atomic E-state index is 0.703. The van der Waals surface area contributed by atoms with Gasteiger partial charge in [-0.1, -0.05) is 15.9 Å². The van der Waals surface area contributed by atoms with Crippen molar-refractivity contribution in [1.29, 1.82) is 0 Å². The van der Waals surface area contributed by atoms with E-state index in [1.54, 1.807) is 7.11 Å². The number of methoxy groups -OCH3 is 1. The zero-order valence-electron chi connectivity index (χ0n) is 8.94. The quantitative estimate of drug-likeness (QED) is 0.807. The van der Waals surface area contributed by atoms with Crippen LogP contribution in [0.25, 0.3) is 0 Å². The van der Waals surface area contributed by atoms with Gasteiger partial charge in [0.05, 0.1) is 7.11 Å². The molecule has 0 unspecified atom stereocenters. The lowest BCUT2D eigenvalue weighted by molar-refractivity contribution is 0.407. The largest absolute Gasteiger partial charge is 0.496 e. The van der Waals surface area contributed by atoms with E-state index >= 15 is 0 Å². The molecule has 0 saturated heterocycles. The molecular formula is C11H15BrOS. The molecule has 0 aromatic heterocycles. The highest BCUT2D eigenvalue weighted by molar-refractivity contribution is 9.10. The second-order valence-corrected chi connectivity index (χ2v) is 4.47. The molecule has 0 atom stereocenters. The fraction of sp³-hybridized carbons (Fsp3) is 0.455. The fourth-order valence-electron chi connectivity index (χ4n) is 1.61. The summed E-state index contributed by atoms with van der Waals surface area (Å²) >= 11 is 7.93. The third-order valence-electron chi connectivity index (χ3n) is 2.65. The van der Waals surface area contributed by atoms with E-state index in [0.717, 1.165) is 5.75 Å². The van der Waals surface area contributed by atoms with Gasteiger partial charge in [-0.3, -0.25) is 0 Å². The fourth-order valence-corrected chi connectivity index (χ4v) is 2.53. The normalized spacial score (nSPS) is 10.4. The monoisotopic (exact) mass is 274 g/mol. The van der Waals surface area contributed by atoms with Gasteiger partial charge in [0.15, 0.2) is 0 Å². The maximum Gasteiger partial charge on any atom is 0.126 e. The Bertz CT molecular complexity index is 326. The lowest BCUT2D eigenvalue weighted by atomic mass is 10.00. The van der Waals surface area contributed by atoms with E-state index in [4.69, 9.17) is 4.74 Å². The average molecular weight is 275 g/mol. The minimum Gasteiger partial charge on any atom is -0.496 e. The number of halogens is 1. The molecular weight excluding hydrogens is 260 g/mol. The van der Waals surface area contributed by atoms with Crippen LogP contribution in [0.3, 0.4) is 0 Å². The molecule has 0 radical (unpaired) electrons. The van der Waals surface area contributed by atoms with E-state index in [0.29, 0.717) is 5.75 Å². The summed E-state index contributed by atoms with van der Waals surface area (Å²) in [4.78, 5) is 0. The Balaban J connectivity index is 3.57. The van der Waals surface area contributed by atoms with Crippen molar-refractivity contribution in [2.75, 3.05) is 7.11 Å². The Hall–Kier alpha value is -0.150. The lowest BCUT2D eigenvalue weighted by Crippen LogP contribution is -2.00. The zero-order valence-corrected chi connectivity index (χ0v) is 11.4. The molecule has 0 saturated carbocycles. The van der Waals surface area contributed by atoms with Gasteiger partial charge in [-0.25, -0.2) is 0 Å². The molecule has 0 heterocycles. The predicted octanol–water partition coefficient (Wildman–Crippen LogP) is 3.81. The molecule has 14 heavy (non-hydrogen) atoms. The summed E-state index contributed by atoms with van der Waals surface area (Å²) in [5, 5.41) is 0. The highest BCUT2D eigenvalue weighted by Crippen LogP contribution is 2.36. The highest BCUT2D eigenvalue weighted by atomic mass is 79.9. The van der Waals surface area contributed by atoms with E-state index in [9.17, 15) is 0 Å². The molecule has 3 heteroatoms. The van der Waals surface area contributed by atoms with E-state index in [-0.39, 0.29) is 0 Å². The maximum atomic E-state index is 5.41. The van der Waals surface area contributed by atoms with Crippen molar-refractivity contribution < 1.29 is 4.74 Å². The molecule has 0 aliphatic heterocycles. The smallest absolute Gasteiger partial charge is 0.126 e. The molecule has 0 amide bonds. The summed E-state index contributed by atoms with van der Waals surface area (Å²) in [5.74, 6) is 1.67. The van der Waals surface area contributed by atoms with Crippen LogP contribution in [-0.2, 0) is 5.75 Å². The van der Waals surface area contributed by atoms with Crippen LogP contribution in [0.1, 0.15) is 22.3 Å². The first-order valence-electron chi connectivity index (χ1n) is 4.47. The van der Waals surface area contributed by atoms with Gasteiger partial charge in [-0.05, 0) is 37.5 Å². The van der Waals surface area contributed by atoms with Crippen molar-refractivity contribution in [3.8, 4) is 5.75 Å². The third-order valence-corrected chi connectivity index (χ3v) is 4.16. The van der Waals surface area contributed by atoms with Crippen molar-refractivity contribution in [1.82, 2.24) is 0 Å². The van der Waals surface area contributed by atoms with Crippen molar-refractivity contribution in [3.05, 3.63) is 26.7 Å². The zero-order chi connectivity index (χ0) is 10.9. The van der Waals surface area contributed by atoms with Crippen LogP contribution in [0.5, 0.6) is 5.75 Å². The Kier molecular flexibility index (Phi) is 3.90. The van der Waals surface area contributed by atoms with Crippen LogP contribution in [0.4, 0.5) is 0 Å². The lowest BCUT2D eigenvalue weighted by Gasteiger charge is -2.17. The molecule has 1 rings (SSSR count).